The summed E-state index contributed by atoms with van der Waals surface area (Å²) in [7, 11) is 0. The van der Waals surface area contributed by atoms with Gasteiger partial charge in [0.05, 0.1) is 10.4 Å². The Morgan fingerprint density at radius 2 is 2.00 bits per heavy atom. The zero-order valence-corrected chi connectivity index (χ0v) is 13.8. The van der Waals surface area contributed by atoms with Crippen LogP contribution in [0.2, 0.25) is 0 Å². The number of hydrogen-bond donors (Lipinski definition) is 3. The Bertz CT molecular complexity index is 1100. The third-order valence-electron chi connectivity index (χ3n) is 3.39. The van der Waals surface area contributed by atoms with Gasteiger partial charge in [0, 0.05) is 5.56 Å². The van der Waals surface area contributed by atoms with Crippen LogP contribution in [-0.2, 0) is 0 Å². The predicted molar refractivity (Wildman–Crippen MR) is 94.2 cm³/mol. The summed E-state index contributed by atoms with van der Waals surface area (Å²) < 4.78 is 0. The van der Waals surface area contributed by atoms with Gasteiger partial charge in [-0.25, -0.2) is 9.78 Å². The first-order valence-electron chi connectivity index (χ1n) is 7.22. The maximum Gasteiger partial charge on any atom is 0.335 e. The van der Waals surface area contributed by atoms with Crippen molar-refractivity contribution in [2.45, 2.75) is 0 Å². The maximum absolute atomic E-state index is 12.3. The summed E-state index contributed by atoms with van der Waals surface area (Å²) in [5.74, 6) is -1.94. The van der Waals surface area contributed by atoms with Gasteiger partial charge in [-0.3, -0.25) is 19.9 Å². The Balaban J connectivity index is 1.97. The molecule has 128 valence electrons. The molecule has 0 aliphatic heterocycles. The lowest BCUT2D eigenvalue weighted by Gasteiger charge is -2.07. The first kappa shape index (κ1) is 17.1. The quantitative estimate of drug-likeness (QED) is 0.648. The highest BCUT2D eigenvalue weighted by molar-refractivity contribution is 7.13. The minimum atomic E-state index is -1.16. The molecule has 2 aromatic heterocycles. The number of carbonyl (C=O) groups is 2. The Labute approximate surface area is 150 Å². The van der Waals surface area contributed by atoms with E-state index in [1.807, 2.05) is 0 Å². The highest BCUT2D eigenvalue weighted by Crippen LogP contribution is 2.25. The number of nitrogens with one attached hydrogen (secondary N) is 2. The lowest BCUT2D eigenvalue weighted by Crippen LogP contribution is -2.21. The molecule has 8 nitrogen and oxygen atoms in total. The van der Waals surface area contributed by atoms with E-state index >= 15 is 0 Å². The maximum atomic E-state index is 12.3. The summed E-state index contributed by atoms with van der Waals surface area (Å²) in [6.07, 6.45) is 0. The SMILES string of the molecule is N#Cc1c(-c2cccs2)nc(NC(=O)c2cccc(C(=O)O)c2)[nH]c1=O. The largest absolute Gasteiger partial charge is 0.478 e. The average Bonchev–Trinajstić information content (AvgIpc) is 3.16. The van der Waals surface area contributed by atoms with Crippen LogP contribution in [-0.4, -0.2) is 27.0 Å². The minimum Gasteiger partial charge on any atom is -0.478 e. The van der Waals surface area contributed by atoms with Gasteiger partial charge < -0.3 is 5.11 Å². The molecule has 0 spiro atoms. The lowest BCUT2D eigenvalue weighted by atomic mass is 10.1. The second kappa shape index (κ2) is 7.00. The van der Waals surface area contributed by atoms with Crippen molar-refractivity contribution in [2.75, 3.05) is 5.32 Å². The normalized spacial score (nSPS) is 10.1. The van der Waals surface area contributed by atoms with Crippen molar-refractivity contribution in [3.63, 3.8) is 0 Å². The number of nitriles is 1. The van der Waals surface area contributed by atoms with E-state index in [-0.39, 0.29) is 28.3 Å². The molecule has 3 N–H and O–H groups in total. The molecular formula is C17H10N4O4S. The Morgan fingerprint density at radius 3 is 2.65 bits per heavy atom. The van der Waals surface area contributed by atoms with Crippen LogP contribution in [0.25, 0.3) is 10.6 Å². The Kier molecular flexibility index (Phi) is 4.59. The molecule has 0 saturated carbocycles. The van der Waals surface area contributed by atoms with Crippen LogP contribution in [0.4, 0.5) is 5.95 Å². The van der Waals surface area contributed by atoms with Crippen molar-refractivity contribution >= 4 is 29.2 Å². The van der Waals surface area contributed by atoms with E-state index in [2.05, 4.69) is 15.3 Å². The number of aromatic carboxylic acids is 1. The second-order valence-corrected chi connectivity index (χ2v) is 6.02. The fourth-order valence-corrected chi connectivity index (χ4v) is 2.92. The summed E-state index contributed by atoms with van der Waals surface area (Å²) in [6, 6.07) is 10.7. The summed E-state index contributed by atoms with van der Waals surface area (Å²) in [5, 5.41) is 22.4. The van der Waals surface area contributed by atoms with Crippen molar-refractivity contribution < 1.29 is 14.7 Å². The molecule has 0 unspecified atom stereocenters. The fraction of sp³-hybridized carbons (Fsp3) is 0. The molecule has 3 aromatic rings. The third-order valence-corrected chi connectivity index (χ3v) is 4.27. The average molecular weight is 366 g/mol. The van der Waals surface area contributed by atoms with Gasteiger partial charge in [-0.15, -0.1) is 11.3 Å². The van der Waals surface area contributed by atoms with Crippen LogP contribution in [0.5, 0.6) is 0 Å². The molecule has 2 heterocycles. The van der Waals surface area contributed by atoms with Crippen LogP contribution in [0, 0.1) is 11.3 Å². The number of hydrogen-bond acceptors (Lipinski definition) is 6. The van der Waals surface area contributed by atoms with Gasteiger partial charge in [0.25, 0.3) is 11.5 Å². The highest BCUT2D eigenvalue weighted by atomic mass is 32.1. The first-order chi connectivity index (χ1) is 12.5. The van der Waals surface area contributed by atoms with E-state index in [9.17, 15) is 19.6 Å². The molecule has 1 amide bonds. The van der Waals surface area contributed by atoms with Crippen molar-refractivity contribution in [3.8, 4) is 16.6 Å². The Morgan fingerprint density at radius 1 is 1.23 bits per heavy atom. The van der Waals surface area contributed by atoms with Crippen molar-refractivity contribution in [1.82, 2.24) is 9.97 Å². The van der Waals surface area contributed by atoms with Gasteiger partial charge in [0.15, 0.2) is 0 Å². The van der Waals surface area contributed by atoms with Crippen molar-refractivity contribution in [3.05, 3.63) is 68.8 Å². The molecule has 0 aliphatic carbocycles. The summed E-state index contributed by atoms with van der Waals surface area (Å²) in [6.45, 7) is 0. The number of carboxylic acid groups (broad SMARTS) is 1. The lowest BCUT2D eigenvalue weighted by molar-refractivity contribution is 0.0697. The van der Waals surface area contributed by atoms with Crippen LogP contribution < -0.4 is 10.9 Å². The van der Waals surface area contributed by atoms with E-state index in [0.717, 1.165) is 0 Å². The van der Waals surface area contributed by atoms with Crippen molar-refractivity contribution in [1.29, 1.82) is 5.26 Å². The fourth-order valence-electron chi connectivity index (χ4n) is 2.20. The zero-order valence-electron chi connectivity index (χ0n) is 13.0. The van der Waals surface area contributed by atoms with Crippen LogP contribution in [0.3, 0.4) is 0 Å². The van der Waals surface area contributed by atoms with E-state index in [1.165, 1.54) is 35.6 Å². The van der Waals surface area contributed by atoms with Gasteiger partial charge in [0.1, 0.15) is 17.3 Å². The number of aromatic nitrogens is 2. The highest BCUT2D eigenvalue weighted by Gasteiger charge is 2.16. The molecule has 0 radical (unpaired) electrons. The van der Waals surface area contributed by atoms with Crippen LogP contribution >= 0.6 is 11.3 Å². The minimum absolute atomic E-state index is 0.0433. The van der Waals surface area contributed by atoms with Gasteiger partial charge in [0.2, 0.25) is 5.95 Å². The molecule has 3 rings (SSSR count). The standard InChI is InChI=1S/C17H10N4O4S/c18-8-11-13(12-5-2-6-26-12)19-17(21-15(11)23)20-14(22)9-3-1-4-10(7-9)16(24)25/h1-7H,(H,24,25)(H2,19,20,21,22,23). The number of benzene rings is 1. The van der Waals surface area contributed by atoms with E-state index in [0.29, 0.717) is 4.88 Å². The summed E-state index contributed by atoms with van der Waals surface area (Å²) in [5.41, 5.74) is -0.618. The molecule has 0 atom stereocenters. The number of rotatable bonds is 4. The molecule has 0 fully saturated rings. The van der Waals surface area contributed by atoms with Crippen LogP contribution in [0.15, 0.2) is 46.6 Å². The van der Waals surface area contributed by atoms with Gasteiger partial charge >= 0.3 is 5.97 Å². The Hall–Kier alpha value is -3.77. The van der Waals surface area contributed by atoms with Crippen LogP contribution in [0.1, 0.15) is 26.3 Å². The molecule has 1 aromatic carbocycles. The summed E-state index contributed by atoms with van der Waals surface area (Å²) in [4.78, 5) is 42.5. The number of thiophene rings is 1. The van der Waals surface area contributed by atoms with Gasteiger partial charge in [-0.2, -0.15) is 5.26 Å². The second-order valence-electron chi connectivity index (χ2n) is 5.07. The van der Waals surface area contributed by atoms with Gasteiger partial charge in [-0.1, -0.05) is 12.1 Å². The monoisotopic (exact) mass is 366 g/mol. The molecule has 0 aliphatic rings. The topological polar surface area (TPSA) is 136 Å². The number of carbonyl (C=O) groups excluding carboxylic acids is 1. The molecule has 0 bridgehead atoms. The molecule has 26 heavy (non-hydrogen) atoms. The van der Waals surface area contributed by atoms with E-state index in [4.69, 9.17) is 5.11 Å². The van der Waals surface area contributed by atoms with Crippen molar-refractivity contribution in [2.24, 2.45) is 0 Å². The van der Waals surface area contributed by atoms with E-state index in [1.54, 1.807) is 23.6 Å². The van der Waals surface area contributed by atoms with Gasteiger partial charge in [-0.05, 0) is 29.6 Å². The molecular weight excluding hydrogens is 356 g/mol. The zero-order chi connectivity index (χ0) is 18.7. The number of carboxylic acids is 1. The smallest absolute Gasteiger partial charge is 0.335 e. The number of H-pyrrole nitrogens is 1. The number of aromatic amines is 1. The number of nitrogens with zero attached hydrogens (tertiary/aromatic N) is 2. The molecule has 0 saturated heterocycles. The van der Waals surface area contributed by atoms with E-state index < -0.39 is 17.4 Å². The number of anilines is 1. The number of amides is 1. The third kappa shape index (κ3) is 3.35. The first-order valence-corrected chi connectivity index (χ1v) is 8.10. The molecule has 9 heteroatoms. The summed E-state index contributed by atoms with van der Waals surface area (Å²) >= 11 is 1.30. The predicted octanol–water partition coefficient (Wildman–Crippen LogP) is 2.32.